The number of nitrogens with zero attached hydrogens (tertiary/aromatic N) is 1. The summed E-state index contributed by atoms with van der Waals surface area (Å²) in [6, 6.07) is 9.50. The second-order valence-corrected chi connectivity index (χ2v) is 5.83. The van der Waals surface area contributed by atoms with Gasteiger partial charge in [0.1, 0.15) is 22.9 Å². The molecule has 3 rings (SSSR count). The number of carbonyl (C=O) groups is 2. The molecule has 7 nitrogen and oxygen atoms in total. The maximum atomic E-state index is 12.4. The van der Waals surface area contributed by atoms with Crippen LogP contribution in [-0.4, -0.2) is 21.9 Å². The molecule has 0 fully saturated rings. The molecule has 2 aromatic carbocycles. The molecule has 0 aliphatic heterocycles. The zero-order valence-corrected chi connectivity index (χ0v) is 14.6. The van der Waals surface area contributed by atoms with E-state index in [1.807, 2.05) is 0 Å². The zero-order chi connectivity index (χ0) is 18.8. The number of nitrogens with one attached hydrogen (secondary N) is 1. The lowest BCUT2D eigenvalue weighted by Gasteiger charge is -2.14. The molecular formula is C18H13ClN2O5. The molecule has 0 radical (unpaired) electrons. The van der Waals surface area contributed by atoms with Gasteiger partial charge in [-0.25, -0.2) is 4.98 Å². The molecule has 0 bridgehead atoms. The molecule has 1 aromatic heterocycles. The number of para-hydroxylation sites is 1. The van der Waals surface area contributed by atoms with E-state index in [1.54, 1.807) is 24.3 Å². The fraction of sp³-hybridized carbons (Fsp3) is 0.111. The first kappa shape index (κ1) is 17.6. The lowest BCUT2D eigenvalue weighted by Crippen LogP contribution is -2.12. The Morgan fingerprint density at radius 2 is 1.62 bits per heavy atom. The largest absolute Gasteiger partial charge is 0.426 e. The van der Waals surface area contributed by atoms with Crippen LogP contribution in [0.4, 0.5) is 0 Å². The summed E-state index contributed by atoms with van der Waals surface area (Å²) in [6.07, 6.45) is 0. The number of H-pyrrole nitrogens is 1. The molecule has 26 heavy (non-hydrogen) atoms. The van der Waals surface area contributed by atoms with E-state index < -0.39 is 11.9 Å². The number of aromatic amines is 1. The van der Waals surface area contributed by atoms with Gasteiger partial charge in [-0.05, 0) is 12.1 Å². The van der Waals surface area contributed by atoms with Gasteiger partial charge in [-0.2, -0.15) is 0 Å². The van der Waals surface area contributed by atoms with Gasteiger partial charge in [0.25, 0.3) is 5.56 Å². The molecule has 0 spiro atoms. The number of halogens is 1. The van der Waals surface area contributed by atoms with E-state index >= 15 is 0 Å². The standard InChI is InChI=1S/C18H13ClN2O5/c1-9(22)25-14-7-11(19)8-15(26-10(2)23)16(14)17-20-13-6-4-3-5-12(13)18(24)21-17/h3-8H,1-2H3,(H,20,21,24). The third-order valence-corrected chi connectivity index (χ3v) is 3.61. The van der Waals surface area contributed by atoms with Crippen molar-refractivity contribution in [3.05, 3.63) is 51.8 Å². The van der Waals surface area contributed by atoms with Gasteiger partial charge in [-0.15, -0.1) is 0 Å². The topological polar surface area (TPSA) is 98.3 Å². The lowest BCUT2D eigenvalue weighted by atomic mass is 10.1. The average Bonchev–Trinajstić information content (AvgIpc) is 2.53. The summed E-state index contributed by atoms with van der Waals surface area (Å²) in [7, 11) is 0. The van der Waals surface area contributed by atoms with Crippen molar-refractivity contribution in [2.45, 2.75) is 13.8 Å². The number of aromatic nitrogens is 2. The van der Waals surface area contributed by atoms with Crippen LogP contribution < -0.4 is 15.0 Å². The van der Waals surface area contributed by atoms with Crippen LogP contribution in [0.3, 0.4) is 0 Å². The van der Waals surface area contributed by atoms with E-state index in [0.29, 0.717) is 10.9 Å². The Kier molecular flexibility index (Phi) is 4.73. The van der Waals surface area contributed by atoms with Crippen LogP contribution in [0.5, 0.6) is 11.5 Å². The summed E-state index contributed by atoms with van der Waals surface area (Å²) in [5.41, 5.74) is 0.189. The number of fused-ring (bicyclic) bond motifs is 1. The lowest BCUT2D eigenvalue weighted by molar-refractivity contribution is -0.132. The van der Waals surface area contributed by atoms with Crippen LogP contribution in [0.2, 0.25) is 5.02 Å². The van der Waals surface area contributed by atoms with Crippen molar-refractivity contribution < 1.29 is 19.1 Å². The highest BCUT2D eigenvalue weighted by Gasteiger charge is 2.21. The van der Waals surface area contributed by atoms with Crippen LogP contribution in [-0.2, 0) is 9.59 Å². The monoisotopic (exact) mass is 372 g/mol. The molecule has 0 aliphatic rings. The molecule has 0 aliphatic carbocycles. The Labute approximate surface area is 152 Å². The first-order valence-electron chi connectivity index (χ1n) is 7.55. The Balaban J connectivity index is 2.32. The van der Waals surface area contributed by atoms with Gasteiger partial charge in [0.05, 0.1) is 10.9 Å². The minimum Gasteiger partial charge on any atom is -0.426 e. The molecule has 1 heterocycles. The summed E-state index contributed by atoms with van der Waals surface area (Å²) in [4.78, 5) is 42.3. The second-order valence-electron chi connectivity index (χ2n) is 5.40. The molecule has 3 aromatic rings. The minimum atomic E-state index is -0.606. The van der Waals surface area contributed by atoms with Crippen LogP contribution in [0.1, 0.15) is 13.8 Å². The van der Waals surface area contributed by atoms with E-state index in [-0.39, 0.29) is 33.5 Å². The number of rotatable bonds is 3. The SMILES string of the molecule is CC(=O)Oc1cc(Cl)cc(OC(C)=O)c1-c1nc2ccccc2c(=O)[nH]1. The molecule has 0 saturated heterocycles. The molecule has 1 N–H and O–H groups in total. The van der Waals surface area contributed by atoms with Gasteiger partial charge < -0.3 is 14.5 Å². The van der Waals surface area contributed by atoms with Gasteiger partial charge in [0, 0.05) is 31.0 Å². The van der Waals surface area contributed by atoms with E-state index in [0.717, 1.165) is 0 Å². The number of ether oxygens (including phenoxy) is 2. The van der Waals surface area contributed by atoms with E-state index in [2.05, 4.69) is 9.97 Å². The Morgan fingerprint density at radius 1 is 1.04 bits per heavy atom. The van der Waals surface area contributed by atoms with Crippen molar-refractivity contribution in [1.29, 1.82) is 0 Å². The smallest absolute Gasteiger partial charge is 0.308 e. The second kappa shape index (κ2) is 6.97. The van der Waals surface area contributed by atoms with Crippen molar-refractivity contribution >= 4 is 34.4 Å². The zero-order valence-electron chi connectivity index (χ0n) is 13.8. The third-order valence-electron chi connectivity index (χ3n) is 3.39. The molecule has 0 atom stereocenters. The van der Waals surface area contributed by atoms with Crippen LogP contribution in [0, 0.1) is 0 Å². The van der Waals surface area contributed by atoms with Gasteiger partial charge >= 0.3 is 11.9 Å². The molecule has 8 heteroatoms. The number of carbonyl (C=O) groups excluding carboxylic acids is 2. The first-order chi connectivity index (χ1) is 12.3. The van der Waals surface area contributed by atoms with Crippen molar-refractivity contribution in [2.75, 3.05) is 0 Å². The highest BCUT2D eigenvalue weighted by molar-refractivity contribution is 6.31. The van der Waals surface area contributed by atoms with Crippen molar-refractivity contribution in [3.8, 4) is 22.9 Å². The number of benzene rings is 2. The summed E-state index contributed by atoms with van der Waals surface area (Å²) in [5.74, 6) is -1.10. The van der Waals surface area contributed by atoms with Gasteiger partial charge in [0.15, 0.2) is 0 Å². The average molecular weight is 373 g/mol. The predicted octanol–water partition coefficient (Wildman–Crippen LogP) is 3.09. The fourth-order valence-electron chi connectivity index (χ4n) is 2.47. The molecule has 0 unspecified atom stereocenters. The summed E-state index contributed by atoms with van der Waals surface area (Å²) in [5, 5.41) is 0.581. The van der Waals surface area contributed by atoms with Gasteiger partial charge in [0.2, 0.25) is 0 Å². The Morgan fingerprint density at radius 3 is 2.19 bits per heavy atom. The third kappa shape index (κ3) is 3.57. The highest BCUT2D eigenvalue weighted by atomic mass is 35.5. The highest BCUT2D eigenvalue weighted by Crippen LogP contribution is 2.39. The molecule has 132 valence electrons. The van der Waals surface area contributed by atoms with Crippen LogP contribution in [0.15, 0.2) is 41.2 Å². The maximum absolute atomic E-state index is 12.4. The van der Waals surface area contributed by atoms with E-state index in [9.17, 15) is 14.4 Å². The quantitative estimate of drug-likeness (QED) is 0.560. The van der Waals surface area contributed by atoms with Crippen molar-refractivity contribution in [1.82, 2.24) is 9.97 Å². The molecular weight excluding hydrogens is 360 g/mol. The normalized spacial score (nSPS) is 10.6. The van der Waals surface area contributed by atoms with Gasteiger partial charge in [-0.3, -0.25) is 14.4 Å². The Hall–Kier alpha value is -3.19. The first-order valence-corrected chi connectivity index (χ1v) is 7.93. The summed E-state index contributed by atoms with van der Waals surface area (Å²) < 4.78 is 10.4. The molecule has 0 saturated carbocycles. The minimum absolute atomic E-state index is 0.0136. The van der Waals surface area contributed by atoms with E-state index in [4.69, 9.17) is 21.1 Å². The van der Waals surface area contributed by atoms with Crippen molar-refractivity contribution in [2.24, 2.45) is 0 Å². The van der Waals surface area contributed by atoms with Crippen LogP contribution >= 0.6 is 11.6 Å². The number of hydrogen-bond acceptors (Lipinski definition) is 6. The predicted molar refractivity (Wildman–Crippen MR) is 95.4 cm³/mol. The summed E-state index contributed by atoms with van der Waals surface area (Å²) in [6.45, 7) is 2.43. The maximum Gasteiger partial charge on any atom is 0.308 e. The Bertz CT molecular complexity index is 1050. The van der Waals surface area contributed by atoms with Crippen molar-refractivity contribution in [3.63, 3.8) is 0 Å². The number of hydrogen-bond donors (Lipinski definition) is 1. The summed E-state index contributed by atoms with van der Waals surface area (Å²) >= 11 is 6.03. The van der Waals surface area contributed by atoms with Gasteiger partial charge in [-0.1, -0.05) is 23.7 Å². The van der Waals surface area contributed by atoms with Crippen LogP contribution in [0.25, 0.3) is 22.3 Å². The fourth-order valence-corrected chi connectivity index (χ4v) is 2.66. The molecule has 0 amide bonds. The van der Waals surface area contributed by atoms with E-state index in [1.165, 1.54) is 26.0 Å². The number of esters is 2.